The molecule has 4 rings (SSSR count). The molecule has 166 valence electrons. The fraction of sp³-hybridized carbons (Fsp3) is 0.320. The molecule has 2 aromatic carbocycles. The minimum absolute atomic E-state index is 0.0431. The van der Waals surface area contributed by atoms with Crippen LogP contribution in [0.25, 0.3) is 10.6 Å². The van der Waals surface area contributed by atoms with Crippen LogP contribution in [-0.4, -0.2) is 41.0 Å². The average Bonchev–Trinajstić information content (AvgIpc) is 3.30. The maximum atomic E-state index is 12.9. The van der Waals surface area contributed by atoms with Gasteiger partial charge >= 0.3 is 6.03 Å². The molecule has 1 aliphatic heterocycles. The first-order valence-electron chi connectivity index (χ1n) is 11.0. The monoisotopic (exact) mass is 448 g/mol. The summed E-state index contributed by atoms with van der Waals surface area (Å²) in [6.07, 6.45) is 1.45. The lowest BCUT2D eigenvalue weighted by Gasteiger charge is -2.32. The summed E-state index contributed by atoms with van der Waals surface area (Å²) in [6.45, 7) is 5.54. The molecule has 0 spiro atoms. The van der Waals surface area contributed by atoms with Gasteiger partial charge in [-0.15, -0.1) is 11.3 Å². The lowest BCUT2D eigenvalue weighted by Crippen LogP contribution is -2.47. The Morgan fingerprint density at radius 3 is 2.38 bits per heavy atom. The van der Waals surface area contributed by atoms with Crippen LogP contribution in [0.15, 0.2) is 60.0 Å². The Morgan fingerprint density at radius 1 is 1.03 bits per heavy atom. The van der Waals surface area contributed by atoms with E-state index in [1.165, 1.54) is 16.9 Å². The first kappa shape index (κ1) is 22.0. The number of piperidine rings is 1. The molecule has 32 heavy (non-hydrogen) atoms. The highest BCUT2D eigenvalue weighted by Gasteiger charge is 2.26. The van der Waals surface area contributed by atoms with Gasteiger partial charge in [-0.25, -0.2) is 9.78 Å². The smallest absolute Gasteiger partial charge is 0.319 e. The van der Waals surface area contributed by atoms with Gasteiger partial charge in [0.25, 0.3) is 5.91 Å². The zero-order valence-electron chi connectivity index (χ0n) is 18.4. The number of nitrogens with one attached hydrogen (secondary N) is 2. The Kier molecular flexibility index (Phi) is 6.85. The molecule has 6 nitrogen and oxygen atoms in total. The van der Waals surface area contributed by atoms with Crippen molar-refractivity contribution in [1.29, 1.82) is 0 Å². The van der Waals surface area contributed by atoms with Crippen molar-refractivity contribution in [3.63, 3.8) is 0 Å². The molecule has 1 fully saturated rings. The SMILES string of the molecule is CC(C)c1ccc(-c2nc(C(=O)N3CCC(NC(=O)Nc4ccccc4)CC3)cs2)cc1. The normalized spacial score (nSPS) is 14.4. The van der Waals surface area contributed by atoms with Gasteiger partial charge in [-0.1, -0.05) is 56.3 Å². The maximum absolute atomic E-state index is 12.9. The van der Waals surface area contributed by atoms with Crippen molar-refractivity contribution in [2.75, 3.05) is 18.4 Å². The molecule has 2 heterocycles. The molecule has 0 radical (unpaired) electrons. The van der Waals surface area contributed by atoms with Crippen molar-refractivity contribution in [2.45, 2.75) is 38.6 Å². The molecule has 3 amide bonds. The van der Waals surface area contributed by atoms with Crippen LogP contribution in [0.3, 0.4) is 0 Å². The van der Waals surface area contributed by atoms with Crippen LogP contribution in [0, 0.1) is 0 Å². The lowest BCUT2D eigenvalue weighted by molar-refractivity contribution is 0.0704. The summed E-state index contributed by atoms with van der Waals surface area (Å²) in [5, 5.41) is 8.54. The minimum Gasteiger partial charge on any atom is -0.337 e. The summed E-state index contributed by atoms with van der Waals surface area (Å²) < 4.78 is 0. The Balaban J connectivity index is 1.29. The molecular weight excluding hydrogens is 420 g/mol. The second kappa shape index (κ2) is 9.96. The Labute approximate surface area is 192 Å². The third kappa shape index (κ3) is 5.34. The van der Waals surface area contributed by atoms with Crippen LogP contribution in [0.2, 0.25) is 0 Å². The third-order valence-corrected chi connectivity index (χ3v) is 6.59. The zero-order valence-corrected chi connectivity index (χ0v) is 19.2. The predicted molar refractivity (Wildman–Crippen MR) is 129 cm³/mol. The first-order chi connectivity index (χ1) is 15.5. The number of benzene rings is 2. The standard InChI is InChI=1S/C25H28N4O2S/c1-17(2)18-8-10-19(11-9-18)23-28-22(16-32-23)24(30)29-14-12-21(13-15-29)27-25(31)26-20-6-4-3-5-7-20/h3-11,16-17,21H,12-15H2,1-2H3,(H2,26,27,31). The van der Waals surface area contributed by atoms with Crippen LogP contribution in [0.4, 0.5) is 10.5 Å². The number of hydrogen-bond donors (Lipinski definition) is 2. The van der Waals surface area contributed by atoms with E-state index in [1.807, 2.05) is 40.6 Å². The van der Waals surface area contributed by atoms with Crippen molar-refractivity contribution < 1.29 is 9.59 Å². The van der Waals surface area contributed by atoms with Gasteiger partial charge in [0.05, 0.1) is 0 Å². The van der Waals surface area contributed by atoms with Crippen molar-refractivity contribution >= 4 is 29.0 Å². The van der Waals surface area contributed by atoms with E-state index in [4.69, 9.17) is 0 Å². The number of urea groups is 1. The lowest BCUT2D eigenvalue weighted by atomic mass is 10.0. The highest BCUT2D eigenvalue weighted by molar-refractivity contribution is 7.13. The van der Waals surface area contributed by atoms with Crippen LogP contribution >= 0.6 is 11.3 Å². The van der Waals surface area contributed by atoms with Crippen LogP contribution in [-0.2, 0) is 0 Å². The summed E-state index contributed by atoms with van der Waals surface area (Å²) in [6, 6.07) is 17.6. The summed E-state index contributed by atoms with van der Waals surface area (Å²) in [5.41, 5.74) is 3.57. The van der Waals surface area contributed by atoms with Crippen molar-refractivity contribution in [2.24, 2.45) is 0 Å². The van der Waals surface area contributed by atoms with Gasteiger partial charge < -0.3 is 15.5 Å². The molecule has 0 aliphatic carbocycles. The van der Waals surface area contributed by atoms with E-state index in [1.54, 1.807) is 0 Å². The number of rotatable bonds is 5. The van der Waals surface area contributed by atoms with E-state index in [2.05, 4.69) is 53.7 Å². The van der Waals surface area contributed by atoms with Gasteiger partial charge in [0.15, 0.2) is 0 Å². The fourth-order valence-corrected chi connectivity index (χ4v) is 4.58. The van der Waals surface area contributed by atoms with Gasteiger partial charge in [0.2, 0.25) is 0 Å². The second-order valence-electron chi connectivity index (χ2n) is 8.35. The molecule has 1 aromatic heterocycles. The van der Waals surface area contributed by atoms with Gasteiger partial charge in [0.1, 0.15) is 10.7 Å². The number of para-hydroxylation sites is 1. The fourth-order valence-electron chi connectivity index (χ4n) is 3.78. The summed E-state index contributed by atoms with van der Waals surface area (Å²) in [4.78, 5) is 31.5. The van der Waals surface area contributed by atoms with Crippen molar-refractivity contribution in [1.82, 2.24) is 15.2 Å². The third-order valence-electron chi connectivity index (χ3n) is 5.70. The predicted octanol–water partition coefficient (Wildman–Crippen LogP) is 5.36. The maximum Gasteiger partial charge on any atom is 0.319 e. The quantitative estimate of drug-likeness (QED) is 0.552. The largest absolute Gasteiger partial charge is 0.337 e. The number of carbonyl (C=O) groups excluding carboxylic acids is 2. The van der Waals surface area contributed by atoms with E-state index in [9.17, 15) is 9.59 Å². The molecule has 0 bridgehead atoms. The molecule has 1 aliphatic rings. The first-order valence-corrected chi connectivity index (χ1v) is 11.9. The molecule has 2 N–H and O–H groups in total. The van der Waals surface area contributed by atoms with E-state index in [-0.39, 0.29) is 18.0 Å². The molecular formula is C25H28N4O2S. The van der Waals surface area contributed by atoms with Gasteiger partial charge in [-0.2, -0.15) is 0 Å². The van der Waals surface area contributed by atoms with E-state index in [0.29, 0.717) is 24.7 Å². The number of aromatic nitrogens is 1. The number of anilines is 1. The van der Waals surface area contributed by atoms with Crippen LogP contribution in [0.5, 0.6) is 0 Å². The highest BCUT2D eigenvalue weighted by atomic mass is 32.1. The van der Waals surface area contributed by atoms with Crippen LogP contribution in [0.1, 0.15) is 48.7 Å². The van der Waals surface area contributed by atoms with Gasteiger partial charge in [0, 0.05) is 35.8 Å². The number of nitrogens with zero attached hydrogens (tertiary/aromatic N) is 2. The van der Waals surface area contributed by atoms with Crippen molar-refractivity contribution in [3.8, 4) is 10.6 Å². The topological polar surface area (TPSA) is 74.3 Å². The summed E-state index contributed by atoms with van der Waals surface area (Å²) >= 11 is 1.50. The number of likely N-dealkylation sites (tertiary alicyclic amines) is 1. The Bertz CT molecular complexity index is 1060. The van der Waals surface area contributed by atoms with E-state index in [0.717, 1.165) is 29.1 Å². The van der Waals surface area contributed by atoms with Crippen molar-refractivity contribution in [3.05, 3.63) is 71.2 Å². The second-order valence-corrected chi connectivity index (χ2v) is 9.20. The molecule has 0 unspecified atom stereocenters. The molecule has 1 saturated heterocycles. The number of thiazole rings is 1. The molecule has 7 heteroatoms. The Hall–Kier alpha value is -3.19. The number of hydrogen-bond acceptors (Lipinski definition) is 4. The molecule has 3 aromatic rings. The average molecular weight is 449 g/mol. The highest BCUT2D eigenvalue weighted by Crippen LogP contribution is 2.26. The summed E-state index contributed by atoms with van der Waals surface area (Å²) in [5.74, 6) is 0.442. The Morgan fingerprint density at radius 2 is 1.72 bits per heavy atom. The molecule has 0 saturated carbocycles. The van der Waals surface area contributed by atoms with Gasteiger partial charge in [-0.3, -0.25) is 4.79 Å². The van der Waals surface area contributed by atoms with E-state index >= 15 is 0 Å². The number of amides is 3. The van der Waals surface area contributed by atoms with E-state index < -0.39 is 0 Å². The number of carbonyl (C=O) groups is 2. The van der Waals surface area contributed by atoms with Gasteiger partial charge in [-0.05, 0) is 36.5 Å². The van der Waals surface area contributed by atoms with Crippen LogP contribution < -0.4 is 10.6 Å². The summed E-state index contributed by atoms with van der Waals surface area (Å²) in [7, 11) is 0. The zero-order chi connectivity index (χ0) is 22.5. The minimum atomic E-state index is -0.214. The molecule has 0 atom stereocenters.